The average Bonchev–Trinajstić information content (AvgIpc) is 2.99. The van der Waals surface area contributed by atoms with E-state index >= 15 is 0 Å². The summed E-state index contributed by atoms with van der Waals surface area (Å²) < 4.78 is 0. The van der Waals surface area contributed by atoms with Gasteiger partial charge in [-0.25, -0.2) is 0 Å². The molecule has 0 spiro atoms. The van der Waals surface area contributed by atoms with Crippen LogP contribution >= 0.6 is 0 Å². The fourth-order valence-electron chi connectivity index (χ4n) is 3.99. The minimum absolute atomic E-state index is 1.06. The monoisotopic (exact) mass is 306 g/mol. The Morgan fingerprint density at radius 2 is 1.38 bits per heavy atom. The van der Waals surface area contributed by atoms with Crippen molar-refractivity contribution in [2.45, 2.75) is 13.3 Å². The van der Waals surface area contributed by atoms with Crippen molar-refractivity contribution >= 4 is 27.6 Å². The molecule has 1 aliphatic rings. The summed E-state index contributed by atoms with van der Waals surface area (Å²) in [6.07, 6.45) is 3.38. The second-order valence-corrected chi connectivity index (χ2v) is 6.77. The van der Waals surface area contributed by atoms with Crippen molar-refractivity contribution in [2.75, 3.05) is 0 Å². The molecule has 0 aliphatic heterocycles. The van der Waals surface area contributed by atoms with Crippen LogP contribution in [0.25, 0.3) is 38.7 Å². The lowest BCUT2D eigenvalue weighted by Gasteiger charge is -2.13. The van der Waals surface area contributed by atoms with E-state index in [1.807, 2.05) is 0 Å². The van der Waals surface area contributed by atoms with Gasteiger partial charge >= 0.3 is 0 Å². The molecule has 24 heavy (non-hydrogen) atoms. The summed E-state index contributed by atoms with van der Waals surface area (Å²) in [6, 6.07) is 26.6. The Bertz CT molecular complexity index is 1130. The normalized spacial score (nSPS) is 13.3. The third-order valence-corrected chi connectivity index (χ3v) is 5.11. The molecule has 1 aliphatic carbocycles. The van der Waals surface area contributed by atoms with Crippen molar-refractivity contribution in [3.8, 4) is 11.1 Å². The zero-order valence-electron chi connectivity index (χ0n) is 13.7. The van der Waals surface area contributed by atoms with Crippen LogP contribution in [0.1, 0.15) is 18.1 Å². The van der Waals surface area contributed by atoms with Crippen LogP contribution in [0.4, 0.5) is 0 Å². The Labute approximate surface area is 142 Å². The van der Waals surface area contributed by atoms with Gasteiger partial charge in [0.2, 0.25) is 0 Å². The van der Waals surface area contributed by atoms with Gasteiger partial charge in [-0.05, 0) is 69.3 Å². The van der Waals surface area contributed by atoms with Crippen molar-refractivity contribution in [1.29, 1.82) is 0 Å². The third-order valence-electron chi connectivity index (χ3n) is 5.11. The molecule has 0 heterocycles. The molecule has 114 valence electrons. The van der Waals surface area contributed by atoms with E-state index in [1.54, 1.807) is 0 Å². The summed E-state index contributed by atoms with van der Waals surface area (Å²) in [6.45, 7) is 2.22. The van der Waals surface area contributed by atoms with E-state index in [0.717, 1.165) is 6.42 Å². The van der Waals surface area contributed by atoms with Crippen LogP contribution in [0.15, 0.2) is 78.4 Å². The zero-order valence-corrected chi connectivity index (χ0v) is 13.7. The zero-order chi connectivity index (χ0) is 16.1. The first-order valence-electron chi connectivity index (χ1n) is 8.50. The minimum Gasteiger partial charge on any atom is -0.0683 e. The molecule has 0 amide bonds. The van der Waals surface area contributed by atoms with Crippen molar-refractivity contribution in [3.05, 3.63) is 89.5 Å². The molecule has 0 bridgehead atoms. The number of benzene rings is 4. The molecule has 0 fully saturated rings. The molecule has 0 aromatic heterocycles. The maximum Gasteiger partial charge on any atom is -0.00544 e. The van der Waals surface area contributed by atoms with E-state index in [2.05, 4.69) is 85.8 Å². The smallest absolute Gasteiger partial charge is 0.00544 e. The van der Waals surface area contributed by atoms with E-state index < -0.39 is 0 Å². The maximum absolute atomic E-state index is 2.34. The average molecular weight is 306 g/mol. The Kier molecular flexibility index (Phi) is 2.87. The number of rotatable bonds is 1. The number of fused-ring (bicyclic) bond motifs is 3. The van der Waals surface area contributed by atoms with E-state index in [0.29, 0.717) is 0 Å². The van der Waals surface area contributed by atoms with Crippen LogP contribution < -0.4 is 0 Å². The van der Waals surface area contributed by atoms with E-state index in [9.17, 15) is 0 Å². The summed E-state index contributed by atoms with van der Waals surface area (Å²) in [5.74, 6) is 0. The van der Waals surface area contributed by atoms with Gasteiger partial charge in [-0.15, -0.1) is 0 Å². The SMILES string of the molecule is CC1=Cc2cccc(-c3cccc4cc5ccccc5cc34)c2C1. The van der Waals surface area contributed by atoms with E-state index in [-0.39, 0.29) is 0 Å². The first-order valence-corrected chi connectivity index (χ1v) is 8.50. The van der Waals surface area contributed by atoms with E-state index in [4.69, 9.17) is 0 Å². The predicted octanol–water partition coefficient (Wildman–Crippen LogP) is 6.62. The number of allylic oxidation sites excluding steroid dienone is 1. The molecule has 0 heteroatoms. The lowest BCUT2D eigenvalue weighted by Crippen LogP contribution is -1.91. The number of hydrogen-bond acceptors (Lipinski definition) is 0. The largest absolute Gasteiger partial charge is 0.0683 e. The number of hydrogen-bond donors (Lipinski definition) is 0. The molecular formula is C24H18. The molecule has 0 unspecified atom stereocenters. The summed E-state index contributed by atoms with van der Waals surface area (Å²) >= 11 is 0. The molecule has 0 saturated heterocycles. The van der Waals surface area contributed by atoms with Gasteiger partial charge in [0.15, 0.2) is 0 Å². The van der Waals surface area contributed by atoms with E-state index in [1.165, 1.54) is 49.4 Å². The highest BCUT2D eigenvalue weighted by molar-refractivity contribution is 6.05. The Morgan fingerprint density at radius 1 is 0.667 bits per heavy atom. The lowest BCUT2D eigenvalue weighted by molar-refractivity contribution is 1.20. The highest BCUT2D eigenvalue weighted by Gasteiger charge is 2.16. The van der Waals surface area contributed by atoms with Gasteiger partial charge in [0.05, 0.1) is 0 Å². The molecule has 4 aromatic rings. The van der Waals surface area contributed by atoms with Crippen molar-refractivity contribution in [1.82, 2.24) is 0 Å². The van der Waals surface area contributed by atoms with Crippen LogP contribution in [0.5, 0.6) is 0 Å². The van der Waals surface area contributed by atoms with Crippen LogP contribution in [0.3, 0.4) is 0 Å². The van der Waals surface area contributed by atoms with Crippen LogP contribution in [0, 0.1) is 0 Å². The predicted molar refractivity (Wildman–Crippen MR) is 104 cm³/mol. The summed E-state index contributed by atoms with van der Waals surface area (Å²) in [7, 11) is 0. The quantitative estimate of drug-likeness (QED) is 0.347. The Morgan fingerprint density at radius 3 is 2.25 bits per heavy atom. The van der Waals surface area contributed by atoms with Gasteiger partial charge in [-0.3, -0.25) is 0 Å². The fraction of sp³-hybridized carbons (Fsp3) is 0.0833. The van der Waals surface area contributed by atoms with Gasteiger partial charge in [0, 0.05) is 0 Å². The van der Waals surface area contributed by atoms with Gasteiger partial charge < -0.3 is 0 Å². The highest BCUT2D eigenvalue weighted by atomic mass is 14.2. The highest BCUT2D eigenvalue weighted by Crippen LogP contribution is 2.38. The minimum atomic E-state index is 1.06. The second-order valence-electron chi connectivity index (χ2n) is 6.77. The van der Waals surface area contributed by atoms with Gasteiger partial charge in [-0.2, -0.15) is 0 Å². The molecule has 0 nitrogen and oxygen atoms in total. The first-order chi connectivity index (χ1) is 11.8. The standard InChI is InChI=1S/C24H18/c1-16-12-19-8-4-10-21(23(19)13-16)22-11-5-9-20-14-17-6-2-3-7-18(17)15-24(20)22/h2-12,14-15H,13H2,1H3. The molecule has 0 N–H and O–H groups in total. The fourth-order valence-corrected chi connectivity index (χ4v) is 3.99. The topological polar surface area (TPSA) is 0 Å². The Hall–Kier alpha value is -2.86. The van der Waals surface area contributed by atoms with Crippen LogP contribution in [-0.4, -0.2) is 0 Å². The molecular weight excluding hydrogens is 288 g/mol. The van der Waals surface area contributed by atoms with Crippen molar-refractivity contribution in [3.63, 3.8) is 0 Å². The first kappa shape index (κ1) is 13.6. The molecule has 5 rings (SSSR count). The molecule has 0 radical (unpaired) electrons. The summed E-state index contributed by atoms with van der Waals surface area (Å²) in [5, 5.41) is 5.26. The van der Waals surface area contributed by atoms with Gasteiger partial charge in [0.25, 0.3) is 0 Å². The van der Waals surface area contributed by atoms with Gasteiger partial charge in [-0.1, -0.05) is 72.3 Å². The molecule has 0 saturated carbocycles. The van der Waals surface area contributed by atoms with Crippen LogP contribution in [0.2, 0.25) is 0 Å². The Balaban J connectivity index is 1.83. The maximum atomic E-state index is 2.34. The van der Waals surface area contributed by atoms with Crippen LogP contribution in [-0.2, 0) is 6.42 Å². The summed E-state index contributed by atoms with van der Waals surface area (Å²) in [4.78, 5) is 0. The van der Waals surface area contributed by atoms with Crippen molar-refractivity contribution < 1.29 is 0 Å². The third kappa shape index (κ3) is 2.00. The summed E-state index contributed by atoms with van der Waals surface area (Å²) in [5.41, 5.74) is 7.02. The van der Waals surface area contributed by atoms with Crippen molar-refractivity contribution in [2.24, 2.45) is 0 Å². The van der Waals surface area contributed by atoms with Gasteiger partial charge in [0.1, 0.15) is 0 Å². The molecule has 4 aromatic carbocycles. The lowest BCUT2D eigenvalue weighted by atomic mass is 9.91. The molecule has 0 atom stereocenters. The second kappa shape index (κ2) is 5.07.